The lowest BCUT2D eigenvalue weighted by molar-refractivity contribution is -0.137. The molecule has 2 heteroatoms. The van der Waals surface area contributed by atoms with Crippen molar-refractivity contribution < 1.29 is 9.90 Å². The molecule has 1 aromatic rings. The van der Waals surface area contributed by atoms with Crippen molar-refractivity contribution in [3.63, 3.8) is 0 Å². The first-order valence-corrected chi connectivity index (χ1v) is 9.00. The van der Waals surface area contributed by atoms with Gasteiger partial charge in [0.15, 0.2) is 0 Å². The van der Waals surface area contributed by atoms with Gasteiger partial charge >= 0.3 is 5.97 Å². The molecule has 1 unspecified atom stereocenters. The highest BCUT2D eigenvalue weighted by atomic mass is 16.4. The van der Waals surface area contributed by atoms with Gasteiger partial charge in [-0.05, 0) is 17.9 Å². The summed E-state index contributed by atoms with van der Waals surface area (Å²) < 4.78 is 0. The normalized spacial score (nSPS) is 12.2. The average molecular weight is 304 g/mol. The van der Waals surface area contributed by atoms with E-state index in [0.29, 0.717) is 0 Å². The molecule has 1 aromatic carbocycles. The molecule has 0 amide bonds. The first-order chi connectivity index (χ1) is 10.7. The summed E-state index contributed by atoms with van der Waals surface area (Å²) in [7, 11) is 0. The molecule has 0 heterocycles. The van der Waals surface area contributed by atoms with Crippen LogP contribution in [0, 0.1) is 0 Å². The number of rotatable bonds is 13. The van der Waals surface area contributed by atoms with Crippen molar-refractivity contribution in [1.82, 2.24) is 0 Å². The van der Waals surface area contributed by atoms with E-state index in [1.807, 2.05) is 18.2 Å². The van der Waals surface area contributed by atoms with Gasteiger partial charge in [-0.3, -0.25) is 4.79 Å². The van der Waals surface area contributed by atoms with E-state index in [-0.39, 0.29) is 12.3 Å². The summed E-state index contributed by atoms with van der Waals surface area (Å²) in [4.78, 5) is 11.0. The smallest absolute Gasteiger partial charge is 0.303 e. The Labute approximate surface area is 135 Å². The first-order valence-electron chi connectivity index (χ1n) is 9.00. The average Bonchev–Trinajstić information content (AvgIpc) is 2.52. The van der Waals surface area contributed by atoms with E-state index in [1.165, 1.54) is 56.9 Å². The summed E-state index contributed by atoms with van der Waals surface area (Å²) in [5.74, 6) is -0.520. The zero-order chi connectivity index (χ0) is 16.0. The van der Waals surface area contributed by atoms with Crippen LogP contribution in [0.15, 0.2) is 30.3 Å². The lowest BCUT2D eigenvalue weighted by Crippen LogP contribution is -2.06. The van der Waals surface area contributed by atoms with Gasteiger partial charge in [0.1, 0.15) is 0 Å². The molecule has 0 saturated heterocycles. The highest BCUT2D eigenvalue weighted by Crippen LogP contribution is 2.26. The minimum Gasteiger partial charge on any atom is -0.481 e. The monoisotopic (exact) mass is 304 g/mol. The molecule has 22 heavy (non-hydrogen) atoms. The van der Waals surface area contributed by atoms with Crippen LogP contribution in [0.5, 0.6) is 0 Å². The number of carboxylic acid groups (broad SMARTS) is 1. The van der Waals surface area contributed by atoms with Crippen LogP contribution in [-0.4, -0.2) is 11.1 Å². The van der Waals surface area contributed by atoms with E-state index >= 15 is 0 Å². The number of aliphatic carboxylic acids is 1. The zero-order valence-electron chi connectivity index (χ0n) is 14.1. The maximum atomic E-state index is 11.0. The van der Waals surface area contributed by atoms with E-state index in [4.69, 9.17) is 5.11 Å². The van der Waals surface area contributed by atoms with Gasteiger partial charge in [0, 0.05) is 0 Å². The van der Waals surface area contributed by atoms with Crippen LogP contribution in [-0.2, 0) is 4.79 Å². The summed E-state index contributed by atoms with van der Waals surface area (Å²) in [6.07, 6.45) is 13.0. The number of unbranched alkanes of at least 4 members (excludes halogenated alkanes) is 8. The third-order valence-electron chi connectivity index (χ3n) is 4.35. The zero-order valence-corrected chi connectivity index (χ0v) is 14.1. The highest BCUT2D eigenvalue weighted by molar-refractivity contribution is 5.68. The number of hydrogen-bond acceptors (Lipinski definition) is 1. The van der Waals surface area contributed by atoms with Crippen LogP contribution < -0.4 is 0 Å². The van der Waals surface area contributed by atoms with Crippen LogP contribution in [0.3, 0.4) is 0 Å². The van der Waals surface area contributed by atoms with Gasteiger partial charge in [-0.1, -0.05) is 95.0 Å². The SMILES string of the molecule is CCCCCCCCCCCC(CC(=O)O)c1ccccc1. The van der Waals surface area contributed by atoms with Gasteiger partial charge in [0.2, 0.25) is 0 Å². The van der Waals surface area contributed by atoms with Crippen molar-refractivity contribution in [1.29, 1.82) is 0 Å². The molecule has 1 N–H and O–H groups in total. The van der Waals surface area contributed by atoms with E-state index < -0.39 is 5.97 Å². The largest absolute Gasteiger partial charge is 0.481 e. The van der Waals surface area contributed by atoms with Crippen LogP contribution >= 0.6 is 0 Å². The molecule has 124 valence electrons. The molecule has 0 aromatic heterocycles. The van der Waals surface area contributed by atoms with Gasteiger partial charge in [-0.15, -0.1) is 0 Å². The summed E-state index contributed by atoms with van der Waals surface area (Å²) in [6, 6.07) is 10.1. The summed E-state index contributed by atoms with van der Waals surface area (Å²) in [5, 5.41) is 9.09. The van der Waals surface area contributed by atoms with Crippen LogP contribution in [0.2, 0.25) is 0 Å². The topological polar surface area (TPSA) is 37.3 Å². The van der Waals surface area contributed by atoms with Gasteiger partial charge < -0.3 is 5.11 Å². The molecule has 0 bridgehead atoms. The molecule has 0 aliphatic carbocycles. The fourth-order valence-electron chi connectivity index (χ4n) is 3.02. The third-order valence-corrected chi connectivity index (χ3v) is 4.35. The van der Waals surface area contributed by atoms with Crippen molar-refractivity contribution in [3.8, 4) is 0 Å². The van der Waals surface area contributed by atoms with Crippen molar-refractivity contribution >= 4 is 5.97 Å². The van der Waals surface area contributed by atoms with E-state index in [1.54, 1.807) is 0 Å². The number of carbonyl (C=O) groups is 1. The van der Waals surface area contributed by atoms with E-state index in [9.17, 15) is 4.79 Å². The van der Waals surface area contributed by atoms with Gasteiger partial charge in [0.25, 0.3) is 0 Å². The molecular weight excluding hydrogens is 272 g/mol. The predicted molar refractivity (Wildman–Crippen MR) is 93.3 cm³/mol. The summed E-state index contributed by atoms with van der Waals surface area (Å²) in [5.41, 5.74) is 1.17. The molecule has 0 aliphatic heterocycles. The third kappa shape index (κ3) is 8.86. The second-order valence-corrected chi connectivity index (χ2v) is 6.32. The Balaban J connectivity index is 2.17. The molecule has 0 saturated carbocycles. The Bertz CT molecular complexity index is 386. The van der Waals surface area contributed by atoms with Crippen LogP contribution in [0.1, 0.15) is 89.0 Å². The number of carboxylic acids is 1. The molecule has 0 fully saturated rings. The van der Waals surface area contributed by atoms with Crippen molar-refractivity contribution in [3.05, 3.63) is 35.9 Å². The molecule has 1 rings (SSSR count). The van der Waals surface area contributed by atoms with Crippen LogP contribution in [0.4, 0.5) is 0 Å². The Morgan fingerprint density at radius 1 is 0.909 bits per heavy atom. The second-order valence-electron chi connectivity index (χ2n) is 6.32. The maximum Gasteiger partial charge on any atom is 0.303 e. The molecule has 0 spiro atoms. The predicted octanol–water partition coefficient (Wildman–Crippen LogP) is 6.17. The summed E-state index contributed by atoms with van der Waals surface area (Å²) in [6.45, 7) is 2.25. The maximum absolute atomic E-state index is 11.0. The van der Waals surface area contributed by atoms with Crippen molar-refractivity contribution in [2.45, 2.75) is 83.5 Å². The Morgan fingerprint density at radius 2 is 1.45 bits per heavy atom. The standard InChI is InChI=1S/C20H32O2/c1-2-3-4-5-6-7-8-9-11-16-19(17-20(21)22)18-14-12-10-13-15-18/h10,12-15,19H,2-9,11,16-17H2,1H3,(H,21,22). The Kier molecular flexibility index (Phi) is 10.4. The fraction of sp³-hybridized carbons (Fsp3) is 0.650. The molecule has 0 radical (unpaired) electrons. The molecule has 0 aliphatic rings. The highest BCUT2D eigenvalue weighted by Gasteiger charge is 2.14. The minimum absolute atomic E-state index is 0.170. The lowest BCUT2D eigenvalue weighted by atomic mass is 9.90. The number of benzene rings is 1. The second kappa shape index (κ2) is 12.3. The summed E-state index contributed by atoms with van der Waals surface area (Å²) >= 11 is 0. The number of hydrogen-bond donors (Lipinski definition) is 1. The van der Waals surface area contributed by atoms with Crippen molar-refractivity contribution in [2.75, 3.05) is 0 Å². The van der Waals surface area contributed by atoms with Gasteiger partial charge in [-0.25, -0.2) is 0 Å². The quantitative estimate of drug-likeness (QED) is 0.443. The van der Waals surface area contributed by atoms with Crippen molar-refractivity contribution in [2.24, 2.45) is 0 Å². The molecule has 1 atom stereocenters. The molecular formula is C20H32O2. The van der Waals surface area contributed by atoms with Crippen LogP contribution in [0.25, 0.3) is 0 Å². The van der Waals surface area contributed by atoms with Gasteiger partial charge in [-0.2, -0.15) is 0 Å². The first kappa shape index (κ1) is 18.7. The fourth-order valence-corrected chi connectivity index (χ4v) is 3.02. The molecule has 2 nitrogen and oxygen atoms in total. The van der Waals surface area contributed by atoms with E-state index in [2.05, 4.69) is 19.1 Å². The Hall–Kier alpha value is -1.31. The minimum atomic E-state index is -0.690. The Morgan fingerprint density at radius 3 is 2.00 bits per heavy atom. The lowest BCUT2D eigenvalue weighted by Gasteiger charge is -2.15. The van der Waals surface area contributed by atoms with Gasteiger partial charge in [0.05, 0.1) is 6.42 Å². The van der Waals surface area contributed by atoms with E-state index in [0.717, 1.165) is 12.8 Å².